The van der Waals surface area contributed by atoms with Gasteiger partial charge >= 0.3 is 0 Å². The number of nitrogens with zero attached hydrogens (tertiary/aromatic N) is 6. The van der Waals surface area contributed by atoms with Crippen LogP contribution in [0.25, 0.3) is 5.95 Å². The maximum Gasteiger partial charge on any atom is 0.241 e. The molecule has 19 heavy (non-hydrogen) atoms. The van der Waals surface area contributed by atoms with Crippen molar-refractivity contribution in [2.24, 2.45) is 0 Å². The normalized spacial score (nSPS) is 14.3. The summed E-state index contributed by atoms with van der Waals surface area (Å²) >= 11 is 5.97. The van der Waals surface area contributed by atoms with Crippen molar-refractivity contribution in [3.63, 3.8) is 0 Å². The molecule has 2 aromatic heterocycles. The van der Waals surface area contributed by atoms with Gasteiger partial charge in [0.2, 0.25) is 17.2 Å². The fraction of sp³-hybridized carbons (Fsp3) is 0.500. The maximum absolute atomic E-state index is 5.97. The first-order valence-electron chi connectivity index (χ1n) is 6.29. The summed E-state index contributed by atoms with van der Waals surface area (Å²) in [7, 11) is 3.75. The number of rotatable bonds is 2. The number of aryl methyl sites for hydroxylation is 1. The van der Waals surface area contributed by atoms with E-state index in [1.807, 2.05) is 18.7 Å². The van der Waals surface area contributed by atoms with E-state index < -0.39 is 0 Å². The number of anilines is 1. The number of halogens is 1. The SMILES string of the molecule is CN(C)c1nc(Cl)nc(-n2cnc3c2CCCC3)n1. The number of fused-ring (bicyclic) bond motifs is 1. The second-order valence-corrected chi connectivity index (χ2v) is 5.15. The lowest BCUT2D eigenvalue weighted by molar-refractivity contribution is 0.650. The highest BCUT2D eigenvalue weighted by atomic mass is 35.5. The molecule has 0 atom stereocenters. The van der Waals surface area contributed by atoms with Crippen LogP contribution in [0.3, 0.4) is 0 Å². The van der Waals surface area contributed by atoms with Gasteiger partial charge in [-0.3, -0.25) is 4.57 Å². The zero-order valence-electron chi connectivity index (χ0n) is 11.0. The van der Waals surface area contributed by atoms with Crippen molar-refractivity contribution in [3.8, 4) is 5.95 Å². The molecule has 3 rings (SSSR count). The monoisotopic (exact) mass is 278 g/mol. The lowest BCUT2D eigenvalue weighted by atomic mass is 10.0. The van der Waals surface area contributed by atoms with E-state index >= 15 is 0 Å². The standard InChI is InChI=1S/C12H15ClN6/c1-18(2)11-15-10(13)16-12(17-11)19-7-14-8-5-3-4-6-9(8)19/h7H,3-6H2,1-2H3. The summed E-state index contributed by atoms with van der Waals surface area (Å²) in [5.74, 6) is 1.09. The van der Waals surface area contributed by atoms with Gasteiger partial charge in [-0.2, -0.15) is 15.0 Å². The smallest absolute Gasteiger partial charge is 0.241 e. The van der Waals surface area contributed by atoms with Gasteiger partial charge in [-0.15, -0.1) is 0 Å². The molecule has 0 fully saturated rings. The largest absolute Gasteiger partial charge is 0.347 e. The zero-order chi connectivity index (χ0) is 13.4. The maximum atomic E-state index is 5.97. The quantitative estimate of drug-likeness (QED) is 0.836. The molecule has 0 saturated heterocycles. The van der Waals surface area contributed by atoms with Gasteiger partial charge in [0.15, 0.2) is 0 Å². The van der Waals surface area contributed by atoms with Crippen molar-refractivity contribution in [3.05, 3.63) is 23.0 Å². The van der Waals surface area contributed by atoms with E-state index in [-0.39, 0.29) is 5.28 Å². The summed E-state index contributed by atoms with van der Waals surface area (Å²) in [6.45, 7) is 0. The first-order chi connectivity index (χ1) is 9.15. The average Bonchev–Trinajstić information content (AvgIpc) is 2.81. The Morgan fingerprint density at radius 3 is 2.74 bits per heavy atom. The first-order valence-corrected chi connectivity index (χ1v) is 6.67. The predicted molar refractivity (Wildman–Crippen MR) is 72.9 cm³/mol. The van der Waals surface area contributed by atoms with Crippen LogP contribution in [0.15, 0.2) is 6.33 Å². The molecule has 2 aromatic rings. The Bertz CT molecular complexity index is 606. The third-order valence-corrected chi connectivity index (χ3v) is 3.40. The van der Waals surface area contributed by atoms with Gasteiger partial charge in [0.25, 0.3) is 0 Å². The summed E-state index contributed by atoms with van der Waals surface area (Å²) in [5.41, 5.74) is 2.34. The minimum Gasteiger partial charge on any atom is -0.347 e. The Balaban J connectivity index is 2.09. The van der Waals surface area contributed by atoms with Gasteiger partial charge < -0.3 is 4.90 Å². The van der Waals surface area contributed by atoms with Gasteiger partial charge in [0.1, 0.15) is 6.33 Å². The summed E-state index contributed by atoms with van der Waals surface area (Å²) in [4.78, 5) is 19.0. The lowest BCUT2D eigenvalue weighted by Crippen LogP contribution is -2.16. The third kappa shape index (κ3) is 2.28. The molecular formula is C12H15ClN6. The molecule has 0 aromatic carbocycles. The molecule has 0 spiro atoms. The fourth-order valence-electron chi connectivity index (χ4n) is 2.28. The molecule has 0 radical (unpaired) electrons. The molecule has 1 aliphatic carbocycles. The van der Waals surface area contributed by atoms with Crippen LogP contribution in [0.1, 0.15) is 24.2 Å². The van der Waals surface area contributed by atoms with Crippen molar-refractivity contribution in [2.45, 2.75) is 25.7 Å². The van der Waals surface area contributed by atoms with Crippen LogP contribution in [-0.4, -0.2) is 38.6 Å². The van der Waals surface area contributed by atoms with Crippen molar-refractivity contribution in [2.75, 3.05) is 19.0 Å². The van der Waals surface area contributed by atoms with Crippen LogP contribution in [0.4, 0.5) is 5.95 Å². The highest BCUT2D eigenvalue weighted by Gasteiger charge is 2.18. The Hall–Kier alpha value is -1.69. The van der Waals surface area contributed by atoms with Crippen molar-refractivity contribution < 1.29 is 0 Å². The minimum atomic E-state index is 0.201. The summed E-state index contributed by atoms with van der Waals surface area (Å²) in [5, 5.41) is 0.201. The molecule has 0 aliphatic heterocycles. The molecular weight excluding hydrogens is 264 g/mol. The second kappa shape index (κ2) is 4.77. The molecule has 0 saturated carbocycles. The predicted octanol–water partition coefficient (Wildman–Crippen LogP) is 1.66. The number of hydrogen-bond donors (Lipinski definition) is 0. The molecule has 2 heterocycles. The summed E-state index contributed by atoms with van der Waals surface area (Å²) < 4.78 is 1.93. The number of hydrogen-bond acceptors (Lipinski definition) is 5. The van der Waals surface area contributed by atoms with Crippen LogP contribution < -0.4 is 4.90 Å². The van der Waals surface area contributed by atoms with Gasteiger partial charge in [-0.25, -0.2) is 4.98 Å². The van der Waals surface area contributed by atoms with E-state index in [1.54, 1.807) is 11.2 Å². The molecule has 6 nitrogen and oxygen atoms in total. The molecule has 100 valence electrons. The van der Waals surface area contributed by atoms with E-state index in [4.69, 9.17) is 11.6 Å². The van der Waals surface area contributed by atoms with E-state index in [9.17, 15) is 0 Å². The average molecular weight is 279 g/mol. The number of aromatic nitrogens is 5. The van der Waals surface area contributed by atoms with E-state index in [0.29, 0.717) is 11.9 Å². The van der Waals surface area contributed by atoms with Crippen LogP contribution in [0.5, 0.6) is 0 Å². The zero-order valence-corrected chi connectivity index (χ0v) is 11.7. The van der Waals surface area contributed by atoms with Gasteiger partial charge in [-0.05, 0) is 37.3 Å². The number of imidazole rings is 1. The highest BCUT2D eigenvalue weighted by Crippen LogP contribution is 2.22. The van der Waals surface area contributed by atoms with Crippen molar-refractivity contribution in [1.29, 1.82) is 0 Å². The topological polar surface area (TPSA) is 59.7 Å². The lowest BCUT2D eigenvalue weighted by Gasteiger charge is -2.14. The van der Waals surface area contributed by atoms with Gasteiger partial charge in [-0.1, -0.05) is 0 Å². The summed E-state index contributed by atoms with van der Waals surface area (Å²) in [6, 6.07) is 0. The molecule has 0 amide bonds. The molecule has 0 N–H and O–H groups in total. The second-order valence-electron chi connectivity index (χ2n) is 4.81. The molecule has 1 aliphatic rings. The van der Waals surface area contributed by atoms with Gasteiger partial charge in [0, 0.05) is 19.8 Å². The van der Waals surface area contributed by atoms with Crippen molar-refractivity contribution >= 4 is 17.5 Å². The van der Waals surface area contributed by atoms with Gasteiger partial charge in [0.05, 0.1) is 5.69 Å². The molecule has 7 heteroatoms. The van der Waals surface area contributed by atoms with E-state index in [2.05, 4.69) is 19.9 Å². The fourth-order valence-corrected chi connectivity index (χ4v) is 2.43. The van der Waals surface area contributed by atoms with E-state index in [0.717, 1.165) is 18.5 Å². The highest BCUT2D eigenvalue weighted by molar-refractivity contribution is 6.28. The van der Waals surface area contributed by atoms with Crippen LogP contribution >= 0.6 is 11.6 Å². The minimum absolute atomic E-state index is 0.201. The first kappa shape index (κ1) is 12.3. The molecule has 0 unspecified atom stereocenters. The van der Waals surface area contributed by atoms with Crippen LogP contribution in [-0.2, 0) is 12.8 Å². The van der Waals surface area contributed by atoms with Crippen molar-refractivity contribution in [1.82, 2.24) is 24.5 Å². The summed E-state index contributed by atoms with van der Waals surface area (Å²) in [6.07, 6.45) is 6.20. The van der Waals surface area contributed by atoms with Crippen LogP contribution in [0.2, 0.25) is 5.28 Å². The van der Waals surface area contributed by atoms with E-state index in [1.165, 1.54) is 18.5 Å². The Morgan fingerprint density at radius 2 is 1.95 bits per heavy atom. The van der Waals surface area contributed by atoms with Crippen LogP contribution in [0, 0.1) is 0 Å². The Morgan fingerprint density at radius 1 is 1.16 bits per heavy atom. The Labute approximate surface area is 116 Å². The molecule has 0 bridgehead atoms. The third-order valence-electron chi connectivity index (χ3n) is 3.23. The Kier molecular flexibility index (Phi) is 3.10.